The molecule has 0 bridgehead atoms. The van der Waals surface area contributed by atoms with Crippen LogP contribution in [0.5, 0.6) is 5.75 Å². The zero-order chi connectivity index (χ0) is 25.8. The summed E-state index contributed by atoms with van der Waals surface area (Å²) in [7, 11) is 1.51. The number of halogens is 1. The van der Waals surface area contributed by atoms with E-state index >= 15 is 0 Å². The van der Waals surface area contributed by atoms with Crippen molar-refractivity contribution in [2.45, 2.75) is 32.6 Å². The standard InChI is InChI=1S/C25H31ClN4O5S/c1-4-35-25(33)30-13-11-29(12-14-30)23(31)18-6-5-16(2)27-20(18)17-7-9-28(10-8-17)24(32)19-15-36-22(26)21(19)34-3/h5-6,15,17H,4,7-14H2,1-3H3. The lowest BCUT2D eigenvalue weighted by atomic mass is 9.89. The molecule has 2 aliphatic heterocycles. The number of aryl methyl sites for hydroxylation is 1. The van der Waals surface area contributed by atoms with Crippen LogP contribution in [0.4, 0.5) is 4.79 Å². The lowest BCUT2D eigenvalue weighted by Crippen LogP contribution is -2.51. The Kier molecular flexibility index (Phi) is 8.35. The number of likely N-dealkylation sites (tertiary alicyclic amines) is 1. The molecule has 0 atom stereocenters. The molecule has 11 heteroatoms. The first kappa shape index (κ1) is 26.2. The summed E-state index contributed by atoms with van der Waals surface area (Å²) in [5.74, 6) is 0.324. The van der Waals surface area contributed by atoms with E-state index in [1.54, 1.807) is 22.1 Å². The smallest absolute Gasteiger partial charge is 0.409 e. The fraction of sp³-hybridized carbons (Fsp3) is 0.520. The van der Waals surface area contributed by atoms with Crippen LogP contribution in [0, 0.1) is 6.92 Å². The molecule has 0 aromatic carbocycles. The van der Waals surface area contributed by atoms with E-state index in [0.717, 1.165) is 11.4 Å². The second kappa shape index (κ2) is 11.5. The van der Waals surface area contributed by atoms with Crippen molar-refractivity contribution in [2.24, 2.45) is 0 Å². The molecule has 4 heterocycles. The summed E-state index contributed by atoms with van der Waals surface area (Å²) >= 11 is 7.43. The van der Waals surface area contributed by atoms with Gasteiger partial charge in [0.05, 0.1) is 30.5 Å². The molecular weight excluding hydrogens is 504 g/mol. The maximum atomic E-state index is 13.5. The van der Waals surface area contributed by atoms with Gasteiger partial charge in [0, 0.05) is 56.3 Å². The van der Waals surface area contributed by atoms with E-state index in [9.17, 15) is 14.4 Å². The van der Waals surface area contributed by atoms with Crippen molar-refractivity contribution in [2.75, 3.05) is 53.0 Å². The Morgan fingerprint density at radius 1 is 1.00 bits per heavy atom. The normalized spacial score (nSPS) is 16.7. The molecule has 2 saturated heterocycles. The van der Waals surface area contributed by atoms with Crippen LogP contribution in [-0.4, -0.2) is 90.6 Å². The highest BCUT2D eigenvalue weighted by Crippen LogP contribution is 2.37. The number of carbonyl (C=O) groups excluding carboxylic acids is 3. The van der Waals surface area contributed by atoms with Crippen molar-refractivity contribution < 1.29 is 23.9 Å². The van der Waals surface area contributed by atoms with Gasteiger partial charge < -0.3 is 24.2 Å². The number of pyridine rings is 1. The van der Waals surface area contributed by atoms with Crippen LogP contribution in [0.15, 0.2) is 17.5 Å². The summed E-state index contributed by atoms with van der Waals surface area (Å²) in [4.78, 5) is 48.5. The van der Waals surface area contributed by atoms with Crippen LogP contribution in [0.1, 0.15) is 57.8 Å². The van der Waals surface area contributed by atoms with Crippen molar-refractivity contribution in [1.29, 1.82) is 0 Å². The molecule has 2 aromatic heterocycles. The monoisotopic (exact) mass is 534 g/mol. The molecule has 0 aliphatic carbocycles. The van der Waals surface area contributed by atoms with Crippen molar-refractivity contribution in [3.63, 3.8) is 0 Å². The molecule has 2 fully saturated rings. The zero-order valence-corrected chi connectivity index (χ0v) is 22.4. The van der Waals surface area contributed by atoms with Gasteiger partial charge in [0.2, 0.25) is 0 Å². The minimum Gasteiger partial charge on any atom is -0.493 e. The molecule has 36 heavy (non-hydrogen) atoms. The highest BCUT2D eigenvalue weighted by atomic mass is 35.5. The first-order valence-electron chi connectivity index (χ1n) is 12.1. The molecule has 2 aliphatic rings. The average molecular weight is 535 g/mol. The first-order chi connectivity index (χ1) is 17.3. The number of piperidine rings is 1. The van der Waals surface area contributed by atoms with E-state index in [4.69, 9.17) is 26.1 Å². The van der Waals surface area contributed by atoms with Gasteiger partial charge in [0.1, 0.15) is 4.34 Å². The number of nitrogens with zero attached hydrogens (tertiary/aromatic N) is 4. The van der Waals surface area contributed by atoms with Gasteiger partial charge >= 0.3 is 6.09 Å². The lowest BCUT2D eigenvalue weighted by molar-refractivity contribution is 0.0567. The number of methoxy groups -OCH3 is 1. The Morgan fingerprint density at radius 3 is 2.25 bits per heavy atom. The van der Waals surface area contributed by atoms with Crippen molar-refractivity contribution in [1.82, 2.24) is 19.7 Å². The number of piperazine rings is 1. The van der Waals surface area contributed by atoms with Crippen LogP contribution in [0.3, 0.4) is 0 Å². The molecule has 4 rings (SSSR count). The maximum Gasteiger partial charge on any atom is 0.409 e. The van der Waals surface area contributed by atoms with Gasteiger partial charge in [-0.3, -0.25) is 14.6 Å². The Balaban J connectivity index is 1.43. The number of amides is 3. The van der Waals surface area contributed by atoms with Crippen LogP contribution < -0.4 is 4.74 Å². The van der Waals surface area contributed by atoms with E-state index < -0.39 is 0 Å². The zero-order valence-electron chi connectivity index (χ0n) is 20.8. The highest BCUT2D eigenvalue weighted by Gasteiger charge is 2.32. The number of hydrogen-bond acceptors (Lipinski definition) is 7. The number of hydrogen-bond donors (Lipinski definition) is 0. The molecule has 194 valence electrons. The number of thiophene rings is 1. The van der Waals surface area contributed by atoms with E-state index in [-0.39, 0.29) is 23.8 Å². The summed E-state index contributed by atoms with van der Waals surface area (Å²) < 4.78 is 10.9. The summed E-state index contributed by atoms with van der Waals surface area (Å²) in [5.41, 5.74) is 2.72. The van der Waals surface area contributed by atoms with Crippen LogP contribution in [-0.2, 0) is 4.74 Å². The second-order valence-corrected chi connectivity index (χ2v) is 10.4. The molecule has 3 amide bonds. The Labute approximate surface area is 219 Å². The molecule has 0 saturated carbocycles. The van der Waals surface area contributed by atoms with Gasteiger partial charge in [-0.15, -0.1) is 11.3 Å². The molecule has 9 nitrogen and oxygen atoms in total. The van der Waals surface area contributed by atoms with Gasteiger partial charge in [-0.2, -0.15) is 0 Å². The first-order valence-corrected chi connectivity index (χ1v) is 13.4. The van der Waals surface area contributed by atoms with Crippen LogP contribution in [0.25, 0.3) is 0 Å². The van der Waals surface area contributed by atoms with Crippen LogP contribution >= 0.6 is 22.9 Å². The van der Waals surface area contributed by atoms with Gasteiger partial charge in [-0.1, -0.05) is 11.6 Å². The van der Waals surface area contributed by atoms with E-state index in [1.165, 1.54) is 18.4 Å². The summed E-state index contributed by atoms with van der Waals surface area (Å²) in [5, 5.41) is 1.73. The maximum absolute atomic E-state index is 13.5. The lowest BCUT2D eigenvalue weighted by Gasteiger charge is -2.35. The predicted octanol–water partition coefficient (Wildman–Crippen LogP) is 4.05. The molecule has 2 aromatic rings. The number of ether oxygens (including phenoxy) is 2. The largest absolute Gasteiger partial charge is 0.493 e. The molecular formula is C25H31ClN4O5S. The van der Waals surface area contributed by atoms with E-state index in [0.29, 0.717) is 79.9 Å². The van der Waals surface area contributed by atoms with Crippen molar-refractivity contribution in [3.8, 4) is 5.75 Å². The fourth-order valence-electron chi connectivity index (χ4n) is 4.73. The fourth-order valence-corrected chi connectivity index (χ4v) is 5.78. The highest BCUT2D eigenvalue weighted by molar-refractivity contribution is 7.15. The third kappa shape index (κ3) is 5.44. The molecule has 0 N–H and O–H groups in total. The minimum absolute atomic E-state index is 0.0710. The number of carbonyl (C=O) groups is 3. The third-order valence-corrected chi connectivity index (χ3v) is 7.88. The molecule has 0 spiro atoms. The number of aromatic nitrogens is 1. The third-order valence-electron chi connectivity index (χ3n) is 6.69. The Hall–Kier alpha value is -2.85. The van der Waals surface area contributed by atoms with Gasteiger partial charge in [0.15, 0.2) is 5.75 Å². The quantitative estimate of drug-likeness (QED) is 0.574. The minimum atomic E-state index is -0.342. The predicted molar refractivity (Wildman–Crippen MR) is 137 cm³/mol. The summed E-state index contributed by atoms with van der Waals surface area (Å²) in [6.07, 6.45) is 1.07. The SMILES string of the molecule is CCOC(=O)N1CCN(C(=O)c2ccc(C)nc2C2CCN(C(=O)c3csc(Cl)c3OC)CC2)CC1. The van der Waals surface area contributed by atoms with Crippen molar-refractivity contribution >= 4 is 40.8 Å². The van der Waals surface area contributed by atoms with Gasteiger partial charge in [-0.05, 0) is 38.8 Å². The summed E-state index contributed by atoms with van der Waals surface area (Å²) in [6.45, 7) is 6.91. The molecule has 0 radical (unpaired) electrons. The van der Waals surface area contributed by atoms with E-state index in [2.05, 4.69) is 0 Å². The second-order valence-electron chi connectivity index (χ2n) is 8.89. The van der Waals surface area contributed by atoms with Crippen LogP contribution in [0.2, 0.25) is 4.34 Å². The van der Waals surface area contributed by atoms with Gasteiger partial charge in [0.25, 0.3) is 11.8 Å². The van der Waals surface area contributed by atoms with Gasteiger partial charge in [-0.25, -0.2) is 4.79 Å². The molecule has 0 unspecified atom stereocenters. The Morgan fingerprint density at radius 2 is 1.61 bits per heavy atom. The van der Waals surface area contributed by atoms with E-state index in [1.807, 2.05) is 24.0 Å². The van der Waals surface area contributed by atoms with Crippen molar-refractivity contribution in [3.05, 3.63) is 44.4 Å². The summed E-state index contributed by atoms with van der Waals surface area (Å²) in [6, 6.07) is 3.71. The number of rotatable bonds is 5. The average Bonchev–Trinajstić information content (AvgIpc) is 3.28. The topological polar surface area (TPSA) is 92.3 Å². The Bertz CT molecular complexity index is 1120.